The van der Waals surface area contributed by atoms with E-state index in [4.69, 9.17) is 4.74 Å². The number of aromatic hydroxyl groups is 1. The quantitative estimate of drug-likeness (QED) is 0.881. The Hall–Kier alpha value is -1.62. The Morgan fingerprint density at radius 1 is 1.47 bits per heavy atom. The lowest BCUT2D eigenvalue weighted by molar-refractivity contribution is -0.116. The van der Waals surface area contributed by atoms with Crippen molar-refractivity contribution >= 4 is 11.6 Å². The fraction of sp³-hybridized carbons (Fsp3) is 0.500. The molecule has 0 aromatic heterocycles. The van der Waals surface area contributed by atoms with Gasteiger partial charge in [-0.2, -0.15) is 0 Å². The standard InChI is InChI=1S/C14H18FNO3/c15-11-6-12(8-13(17)7-11)16-14(18)4-3-10-2-1-5-19-9-10/h6-8,10,17H,1-5,9H2,(H,16,18)/t10-/m1/s1. The Kier molecular flexibility index (Phi) is 4.74. The van der Waals surface area contributed by atoms with Crippen LogP contribution < -0.4 is 5.32 Å². The van der Waals surface area contributed by atoms with Crippen molar-refractivity contribution in [2.24, 2.45) is 5.92 Å². The highest BCUT2D eigenvalue weighted by Crippen LogP contribution is 2.21. The molecule has 1 aliphatic rings. The summed E-state index contributed by atoms with van der Waals surface area (Å²) in [4.78, 5) is 11.7. The Bertz CT molecular complexity index is 424. The smallest absolute Gasteiger partial charge is 0.224 e. The highest BCUT2D eigenvalue weighted by atomic mass is 19.1. The maximum atomic E-state index is 13.0. The van der Waals surface area contributed by atoms with E-state index in [0.717, 1.165) is 31.9 Å². The van der Waals surface area contributed by atoms with Crippen molar-refractivity contribution in [2.75, 3.05) is 18.5 Å². The lowest BCUT2D eigenvalue weighted by Gasteiger charge is -2.21. The zero-order chi connectivity index (χ0) is 13.7. The molecular weight excluding hydrogens is 249 g/mol. The van der Waals surface area contributed by atoms with Gasteiger partial charge in [-0.15, -0.1) is 0 Å². The lowest BCUT2D eigenvalue weighted by atomic mass is 9.97. The van der Waals surface area contributed by atoms with Crippen LogP contribution in [0, 0.1) is 11.7 Å². The molecule has 0 aliphatic carbocycles. The van der Waals surface area contributed by atoms with Crippen LogP contribution in [0.1, 0.15) is 25.7 Å². The molecule has 2 N–H and O–H groups in total. The normalized spacial score (nSPS) is 19.1. The number of halogens is 1. The van der Waals surface area contributed by atoms with Crippen molar-refractivity contribution in [1.82, 2.24) is 0 Å². The van der Waals surface area contributed by atoms with E-state index < -0.39 is 5.82 Å². The van der Waals surface area contributed by atoms with Gasteiger partial charge in [-0.1, -0.05) is 0 Å². The molecule has 1 saturated heterocycles. The Balaban J connectivity index is 1.80. The third-order valence-electron chi connectivity index (χ3n) is 3.20. The minimum atomic E-state index is -0.573. The fourth-order valence-corrected chi connectivity index (χ4v) is 2.24. The van der Waals surface area contributed by atoms with Gasteiger partial charge in [0.05, 0.1) is 0 Å². The van der Waals surface area contributed by atoms with Gasteiger partial charge in [-0.05, 0) is 31.2 Å². The summed E-state index contributed by atoms with van der Waals surface area (Å²) >= 11 is 0. The molecule has 1 amide bonds. The minimum absolute atomic E-state index is 0.171. The first kappa shape index (κ1) is 13.8. The molecular formula is C14H18FNO3. The largest absolute Gasteiger partial charge is 0.508 e. The first-order valence-corrected chi connectivity index (χ1v) is 6.50. The Labute approximate surface area is 111 Å². The molecule has 19 heavy (non-hydrogen) atoms. The molecule has 1 atom stereocenters. The Morgan fingerprint density at radius 2 is 2.32 bits per heavy atom. The van der Waals surface area contributed by atoms with Crippen LogP contribution in [-0.2, 0) is 9.53 Å². The van der Waals surface area contributed by atoms with Crippen LogP contribution in [0.15, 0.2) is 18.2 Å². The van der Waals surface area contributed by atoms with Crippen LogP contribution in [0.3, 0.4) is 0 Å². The molecule has 0 unspecified atom stereocenters. The number of carbonyl (C=O) groups excluding carboxylic acids is 1. The number of phenols is 1. The molecule has 1 aromatic rings. The zero-order valence-corrected chi connectivity index (χ0v) is 10.7. The molecule has 0 saturated carbocycles. The van der Waals surface area contributed by atoms with E-state index in [1.54, 1.807) is 0 Å². The molecule has 5 heteroatoms. The van der Waals surface area contributed by atoms with Crippen LogP contribution in [0.2, 0.25) is 0 Å². The summed E-state index contributed by atoms with van der Waals surface area (Å²) in [6.07, 6.45) is 3.29. The molecule has 104 valence electrons. The zero-order valence-electron chi connectivity index (χ0n) is 10.7. The molecule has 4 nitrogen and oxygen atoms in total. The van der Waals surface area contributed by atoms with E-state index in [0.29, 0.717) is 18.9 Å². The average molecular weight is 267 g/mol. The van der Waals surface area contributed by atoms with Crippen LogP contribution in [0.5, 0.6) is 5.75 Å². The van der Waals surface area contributed by atoms with Crippen LogP contribution in [-0.4, -0.2) is 24.2 Å². The summed E-state index contributed by atoms with van der Waals surface area (Å²) < 4.78 is 18.4. The highest BCUT2D eigenvalue weighted by molar-refractivity contribution is 5.90. The monoisotopic (exact) mass is 267 g/mol. The summed E-state index contributed by atoms with van der Waals surface area (Å²) in [5.74, 6) is -0.511. The number of ether oxygens (including phenoxy) is 1. The summed E-state index contributed by atoms with van der Waals surface area (Å²) in [7, 11) is 0. The van der Waals surface area contributed by atoms with Crippen molar-refractivity contribution < 1.29 is 19.0 Å². The van der Waals surface area contributed by atoms with Gasteiger partial charge in [-0.3, -0.25) is 4.79 Å². The predicted octanol–water partition coefficient (Wildman–Crippen LogP) is 2.68. The van der Waals surface area contributed by atoms with Gasteiger partial charge in [0.1, 0.15) is 11.6 Å². The van der Waals surface area contributed by atoms with Crippen molar-refractivity contribution in [1.29, 1.82) is 0 Å². The maximum Gasteiger partial charge on any atom is 0.224 e. The number of benzene rings is 1. The predicted molar refractivity (Wildman–Crippen MR) is 69.5 cm³/mol. The van der Waals surface area contributed by atoms with E-state index in [9.17, 15) is 14.3 Å². The number of nitrogens with one attached hydrogen (secondary N) is 1. The van der Waals surface area contributed by atoms with E-state index >= 15 is 0 Å². The van der Waals surface area contributed by atoms with Gasteiger partial charge in [0, 0.05) is 37.5 Å². The number of hydrogen-bond donors (Lipinski definition) is 2. The number of amides is 1. The summed E-state index contributed by atoms with van der Waals surface area (Å²) in [5, 5.41) is 11.8. The first-order valence-electron chi connectivity index (χ1n) is 6.50. The molecule has 1 heterocycles. The van der Waals surface area contributed by atoms with Crippen LogP contribution in [0.4, 0.5) is 10.1 Å². The molecule has 1 fully saturated rings. The molecule has 0 radical (unpaired) electrons. The topological polar surface area (TPSA) is 58.6 Å². The van der Waals surface area contributed by atoms with Crippen LogP contribution in [0.25, 0.3) is 0 Å². The maximum absolute atomic E-state index is 13.0. The number of anilines is 1. The second kappa shape index (κ2) is 6.52. The molecule has 0 bridgehead atoms. The van der Waals surface area contributed by atoms with E-state index in [1.807, 2.05) is 0 Å². The molecule has 0 spiro atoms. The minimum Gasteiger partial charge on any atom is -0.508 e. The second-order valence-corrected chi connectivity index (χ2v) is 4.87. The van der Waals surface area contributed by atoms with Crippen LogP contribution >= 0.6 is 0 Å². The number of phenolic OH excluding ortho intramolecular Hbond substituents is 1. The summed E-state index contributed by atoms with van der Waals surface area (Å²) in [6.45, 7) is 1.53. The van der Waals surface area contributed by atoms with Crippen molar-refractivity contribution in [3.63, 3.8) is 0 Å². The van der Waals surface area contributed by atoms with Crippen molar-refractivity contribution in [2.45, 2.75) is 25.7 Å². The summed E-state index contributed by atoms with van der Waals surface area (Å²) in [5.41, 5.74) is 0.280. The third kappa shape index (κ3) is 4.52. The van der Waals surface area contributed by atoms with Gasteiger partial charge in [0.2, 0.25) is 5.91 Å². The SMILES string of the molecule is O=C(CC[C@H]1CCCOC1)Nc1cc(O)cc(F)c1. The van der Waals surface area contributed by atoms with E-state index in [-0.39, 0.29) is 17.3 Å². The first-order chi connectivity index (χ1) is 9.13. The fourth-order valence-electron chi connectivity index (χ4n) is 2.24. The molecule has 1 aliphatic heterocycles. The van der Waals surface area contributed by atoms with Crippen molar-refractivity contribution in [3.05, 3.63) is 24.0 Å². The number of carbonyl (C=O) groups is 1. The highest BCUT2D eigenvalue weighted by Gasteiger charge is 2.15. The third-order valence-corrected chi connectivity index (χ3v) is 3.20. The number of rotatable bonds is 4. The van der Waals surface area contributed by atoms with E-state index in [2.05, 4.69) is 5.32 Å². The van der Waals surface area contributed by atoms with Gasteiger partial charge < -0.3 is 15.2 Å². The van der Waals surface area contributed by atoms with Crippen molar-refractivity contribution in [3.8, 4) is 5.75 Å². The molecule has 2 rings (SSSR count). The van der Waals surface area contributed by atoms with Gasteiger partial charge in [0.25, 0.3) is 0 Å². The average Bonchev–Trinajstić information content (AvgIpc) is 2.36. The lowest BCUT2D eigenvalue weighted by Crippen LogP contribution is -2.20. The molecule has 1 aromatic carbocycles. The summed E-state index contributed by atoms with van der Waals surface area (Å²) in [6, 6.07) is 3.50. The van der Waals surface area contributed by atoms with E-state index in [1.165, 1.54) is 12.1 Å². The number of hydrogen-bond acceptors (Lipinski definition) is 3. The van der Waals surface area contributed by atoms with Gasteiger partial charge in [-0.25, -0.2) is 4.39 Å². The van der Waals surface area contributed by atoms with Gasteiger partial charge >= 0.3 is 0 Å². The van der Waals surface area contributed by atoms with Gasteiger partial charge in [0.15, 0.2) is 0 Å². The second-order valence-electron chi connectivity index (χ2n) is 4.87. The Morgan fingerprint density at radius 3 is 3.00 bits per heavy atom.